The van der Waals surface area contributed by atoms with Gasteiger partial charge in [-0.15, -0.1) is 0 Å². The molecular weight excluding hydrogens is 212 g/mol. The van der Waals surface area contributed by atoms with E-state index in [4.69, 9.17) is 0 Å². The van der Waals surface area contributed by atoms with Crippen LogP contribution < -0.4 is 0 Å². The quantitative estimate of drug-likeness (QED) is 0.681. The topological polar surface area (TPSA) is 0 Å². The number of unbranched alkanes of at least 4 members (excludes halogenated alkanes) is 2. The molecule has 0 fully saturated rings. The van der Waals surface area contributed by atoms with E-state index in [1.165, 1.54) is 22.9 Å². The monoisotopic (exact) mass is 225 g/mol. The van der Waals surface area contributed by atoms with Crippen molar-refractivity contribution in [1.82, 2.24) is 0 Å². The van der Waals surface area contributed by atoms with Gasteiger partial charge in [0.05, 0.1) is 0 Å². The van der Waals surface area contributed by atoms with Crippen LogP contribution in [0.5, 0.6) is 0 Å². The molecule has 0 amide bonds. The highest BCUT2D eigenvalue weighted by molar-refractivity contribution is 9.10. The molecule has 0 bridgehead atoms. The van der Waals surface area contributed by atoms with Crippen LogP contribution in [0.2, 0.25) is 0 Å². The Morgan fingerprint density at radius 3 is 2.75 bits per heavy atom. The third-order valence-electron chi connectivity index (χ3n) is 1.86. The number of hydrogen-bond donors (Lipinski definition) is 0. The minimum Gasteiger partial charge on any atom is -0.0651 e. The molecule has 0 saturated heterocycles. The molecule has 0 unspecified atom stereocenters. The highest BCUT2D eigenvalue weighted by Crippen LogP contribution is 2.17. The van der Waals surface area contributed by atoms with Crippen LogP contribution in [0.4, 0.5) is 0 Å². The largest absolute Gasteiger partial charge is 0.0651 e. The van der Waals surface area contributed by atoms with Crippen molar-refractivity contribution in [2.24, 2.45) is 0 Å². The Balaban J connectivity index is 2.46. The van der Waals surface area contributed by atoms with E-state index in [0.29, 0.717) is 0 Å². The zero-order valence-electron chi connectivity index (χ0n) is 7.39. The maximum atomic E-state index is 3.53. The molecule has 1 aromatic carbocycles. The van der Waals surface area contributed by atoms with Gasteiger partial charge in [0.25, 0.3) is 0 Å². The Bertz CT molecular complexity index is 230. The van der Waals surface area contributed by atoms with E-state index in [9.17, 15) is 0 Å². The lowest BCUT2D eigenvalue weighted by Gasteiger charge is -2.02. The van der Waals surface area contributed by atoms with Crippen LogP contribution in [0.1, 0.15) is 25.3 Å². The summed E-state index contributed by atoms with van der Waals surface area (Å²) in [7, 11) is 0. The average molecular weight is 226 g/mol. The summed E-state index contributed by atoms with van der Waals surface area (Å²) in [6.45, 7) is 2.18. The summed E-state index contributed by atoms with van der Waals surface area (Å²) in [6.07, 6.45) is 5.82. The van der Waals surface area contributed by atoms with Crippen LogP contribution >= 0.6 is 15.9 Å². The average Bonchev–Trinajstić information content (AvgIpc) is 2.09. The van der Waals surface area contributed by atoms with E-state index >= 15 is 0 Å². The molecule has 0 spiro atoms. The molecule has 0 aliphatic heterocycles. The van der Waals surface area contributed by atoms with Crippen molar-refractivity contribution in [2.45, 2.75) is 26.2 Å². The lowest BCUT2D eigenvalue weighted by atomic mass is 10.1. The van der Waals surface area contributed by atoms with E-state index < -0.39 is 0 Å². The lowest BCUT2D eigenvalue weighted by Crippen LogP contribution is -1.86. The van der Waals surface area contributed by atoms with Gasteiger partial charge in [-0.2, -0.15) is 0 Å². The molecule has 1 heteroatoms. The second-order valence-electron chi connectivity index (χ2n) is 2.83. The Kier molecular flexibility index (Phi) is 4.37. The number of aryl methyl sites for hydroxylation is 1. The molecule has 65 valence electrons. The maximum absolute atomic E-state index is 3.53. The number of halogens is 1. The molecule has 1 aromatic rings. The lowest BCUT2D eigenvalue weighted by molar-refractivity contribution is 0.875. The van der Waals surface area contributed by atoms with Crippen molar-refractivity contribution in [3.05, 3.63) is 40.7 Å². The van der Waals surface area contributed by atoms with Crippen molar-refractivity contribution in [2.75, 3.05) is 0 Å². The van der Waals surface area contributed by atoms with Crippen LogP contribution in [0.3, 0.4) is 0 Å². The Hall–Kier alpha value is -0.300. The van der Waals surface area contributed by atoms with Crippen LogP contribution in [-0.2, 0) is 6.42 Å². The molecule has 0 aliphatic rings. The smallest absolute Gasteiger partial charge is 0.0207 e. The second-order valence-corrected chi connectivity index (χ2v) is 3.68. The number of benzene rings is 1. The molecular formula is C11H14Br. The second kappa shape index (κ2) is 5.36. The summed E-state index contributed by atoms with van der Waals surface area (Å²) in [5.74, 6) is 0. The molecule has 12 heavy (non-hydrogen) atoms. The van der Waals surface area contributed by atoms with Gasteiger partial charge < -0.3 is 0 Å². The first-order valence-corrected chi connectivity index (χ1v) is 5.19. The summed E-state index contributed by atoms with van der Waals surface area (Å²) in [5.41, 5.74) is 1.40. The van der Waals surface area contributed by atoms with Gasteiger partial charge in [0, 0.05) is 4.47 Å². The van der Waals surface area contributed by atoms with Gasteiger partial charge in [0.1, 0.15) is 0 Å². The first kappa shape index (κ1) is 9.79. The standard InChI is InChI=1S/C11H14Br/c1-2-3-4-7-10-8-5-6-9-11(10)12/h3,5-6,8-9H,2,4,7H2,1H3. The zero-order valence-corrected chi connectivity index (χ0v) is 8.97. The van der Waals surface area contributed by atoms with Gasteiger partial charge in [0.15, 0.2) is 0 Å². The molecule has 1 rings (SSSR count). The van der Waals surface area contributed by atoms with Crippen molar-refractivity contribution < 1.29 is 0 Å². The van der Waals surface area contributed by atoms with Gasteiger partial charge in [-0.1, -0.05) is 47.5 Å². The van der Waals surface area contributed by atoms with E-state index in [2.05, 4.69) is 53.5 Å². The van der Waals surface area contributed by atoms with Gasteiger partial charge >= 0.3 is 0 Å². The minimum absolute atomic E-state index is 1.15. The molecule has 0 aromatic heterocycles. The molecule has 0 nitrogen and oxygen atoms in total. The van der Waals surface area contributed by atoms with Crippen molar-refractivity contribution >= 4 is 15.9 Å². The van der Waals surface area contributed by atoms with E-state index in [1.54, 1.807) is 0 Å². The first-order valence-electron chi connectivity index (χ1n) is 4.39. The molecule has 0 saturated carbocycles. The summed E-state index contributed by atoms with van der Waals surface area (Å²) >= 11 is 3.53. The van der Waals surface area contributed by atoms with Crippen molar-refractivity contribution in [1.29, 1.82) is 0 Å². The summed E-state index contributed by atoms with van der Waals surface area (Å²) in [6, 6.07) is 8.41. The Morgan fingerprint density at radius 1 is 1.33 bits per heavy atom. The fourth-order valence-corrected chi connectivity index (χ4v) is 1.65. The van der Waals surface area contributed by atoms with E-state index in [1.807, 2.05) is 0 Å². The zero-order chi connectivity index (χ0) is 8.81. The van der Waals surface area contributed by atoms with Gasteiger partial charge in [-0.25, -0.2) is 0 Å². The van der Waals surface area contributed by atoms with Gasteiger partial charge in [-0.3, -0.25) is 0 Å². The van der Waals surface area contributed by atoms with Crippen molar-refractivity contribution in [3.8, 4) is 0 Å². The van der Waals surface area contributed by atoms with Gasteiger partial charge in [-0.05, 0) is 30.9 Å². The predicted molar refractivity (Wildman–Crippen MR) is 57.1 cm³/mol. The fourth-order valence-electron chi connectivity index (χ4n) is 1.16. The first-order chi connectivity index (χ1) is 5.84. The molecule has 0 atom stereocenters. The Labute approximate surface area is 83.1 Å². The number of rotatable bonds is 4. The van der Waals surface area contributed by atoms with E-state index in [0.717, 1.165) is 6.42 Å². The molecule has 0 aliphatic carbocycles. The van der Waals surface area contributed by atoms with Crippen LogP contribution in [-0.4, -0.2) is 0 Å². The van der Waals surface area contributed by atoms with Crippen LogP contribution in [0.15, 0.2) is 28.7 Å². The van der Waals surface area contributed by atoms with Crippen molar-refractivity contribution in [3.63, 3.8) is 0 Å². The molecule has 0 heterocycles. The molecule has 0 N–H and O–H groups in total. The van der Waals surface area contributed by atoms with E-state index in [-0.39, 0.29) is 0 Å². The maximum Gasteiger partial charge on any atom is 0.0207 e. The number of hydrogen-bond acceptors (Lipinski definition) is 0. The van der Waals surface area contributed by atoms with Gasteiger partial charge in [0.2, 0.25) is 0 Å². The normalized spacial score (nSPS) is 10.2. The predicted octanol–water partition coefficient (Wildman–Crippen LogP) is 4.00. The Morgan fingerprint density at radius 2 is 2.08 bits per heavy atom. The summed E-state index contributed by atoms with van der Waals surface area (Å²) in [5, 5.41) is 0. The summed E-state index contributed by atoms with van der Waals surface area (Å²) < 4.78 is 1.23. The highest BCUT2D eigenvalue weighted by Gasteiger charge is 1.96. The minimum atomic E-state index is 1.15. The third kappa shape index (κ3) is 2.98. The molecule has 1 radical (unpaired) electrons. The summed E-state index contributed by atoms with van der Waals surface area (Å²) in [4.78, 5) is 0. The van der Waals surface area contributed by atoms with Crippen LogP contribution in [0.25, 0.3) is 0 Å². The highest BCUT2D eigenvalue weighted by atomic mass is 79.9. The van der Waals surface area contributed by atoms with Crippen LogP contribution in [0, 0.1) is 6.42 Å². The fraction of sp³-hybridized carbons (Fsp3) is 0.364. The third-order valence-corrected chi connectivity index (χ3v) is 2.64. The SMILES string of the molecule is CC[CH]CCc1ccccc1Br.